The van der Waals surface area contributed by atoms with Gasteiger partial charge in [-0.25, -0.2) is 0 Å². The Morgan fingerprint density at radius 2 is 1.53 bits per heavy atom. The fourth-order valence-corrected chi connectivity index (χ4v) is 3.95. The number of nitrogens with zero attached hydrogens (tertiary/aromatic N) is 1. The molecule has 1 N–H and O–H groups in total. The van der Waals surface area contributed by atoms with E-state index in [1.807, 2.05) is 97.6 Å². The molecule has 5 nitrogen and oxygen atoms in total. The Balaban J connectivity index is 1.56. The van der Waals surface area contributed by atoms with Crippen LogP contribution in [0.2, 0.25) is 0 Å². The molecule has 0 aliphatic carbocycles. The fraction of sp³-hybridized carbons (Fsp3) is 0.240. The van der Waals surface area contributed by atoms with E-state index in [2.05, 4.69) is 5.32 Å². The summed E-state index contributed by atoms with van der Waals surface area (Å²) in [4.78, 5) is 15.0. The molecular formula is C25H26N2O3. The lowest BCUT2D eigenvalue weighted by molar-refractivity contribution is 0.0546. The first kappa shape index (κ1) is 19.8. The van der Waals surface area contributed by atoms with Crippen molar-refractivity contribution in [3.63, 3.8) is 0 Å². The van der Waals surface area contributed by atoms with Gasteiger partial charge in [-0.2, -0.15) is 0 Å². The highest BCUT2D eigenvalue weighted by molar-refractivity contribution is 6.02. The molecule has 1 aliphatic rings. The molecule has 0 saturated heterocycles. The second-order valence-corrected chi connectivity index (χ2v) is 7.30. The number of carbonyl (C=O) groups excluding carboxylic acids is 1. The van der Waals surface area contributed by atoms with Crippen molar-refractivity contribution in [1.82, 2.24) is 4.90 Å². The van der Waals surface area contributed by atoms with Crippen molar-refractivity contribution in [2.75, 3.05) is 25.1 Å². The van der Waals surface area contributed by atoms with Crippen LogP contribution < -0.4 is 14.8 Å². The lowest BCUT2D eigenvalue weighted by Gasteiger charge is -2.46. The lowest BCUT2D eigenvalue weighted by atomic mass is 9.93. The number of nitrogens with one attached hydrogen (secondary N) is 1. The number of anilines is 1. The number of carbonyl (C=O) groups is 1. The number of ether oxygens (including phenoxy) is 2. The first-order chi connectivity index (χ1) is 14.6. The number of hydrogen-bond acceptors (Lipinski definition) is 4. The first-order valence-electron chi connectivity index (χ1n) is 10.2. The van der Waals surface area contributed by atoms with Crippen LogP contribution in [0.15, 0.2) is 78.9 Å². The largest absolute Gasteiger partial charge is 0.490 e. The van der Waals surface area contributed by atoms with Gasteiger partial charge in [-0.1, -0.05) is 48.5 Å². The molecule has 154 valence electrons. The summed E-state index contributed by atoms with van der Waals surface area (Å²) in [5.74, 6) is 1.56. The van der Waals surface area contributed by atoms with Gasteiger partial charge in [0.2, 0.25) is 0 Å². The Morgan fingerprint density at radius 1 is 0.867 bits per heavy atom. The van der Waals surface area contributed by atoms with Crippen LogP contribution in [0.1, 0.15) is 29.8 Å². The minimum absolute atomic E-state index is 0.0107. The van der Waals surface area contributed by atoms with E-state index in [0.29, 0.717) is 25.3 Å². The summed E-state index contributed by atoms with van der Waals surface area (Å²) < 4.78 is 11.8. The number of rotatable bonds is 7. The molecule has 5 heteroatoms. The fourth-order valence-electron chi connectivity index (χ4n) is 3.95. The highest BCUT2D eigenvalue weighted by Crippen LogP contribution is 2.41. The maximum absolute atomic E-state index is 13.2. The van der Waals surface area contributed by atoms with E-state index in [9.17, 15) is 4.79 Å². The smallest absolute Gasteiger partial charge is 0.258 e. The molecule has 0 radical (unpaired) electrons. The lowest BCUT2D eigenvalue weighted by Crippen LogP contribution is -2.55. The second kappa shape index (κ2) is 8.49. The molecule has 30 heavy (non-hydrogen) atoms. The molecule has 4 rings (SSSR count). The third-order valence-corrected chi connectivity index (χ3v) is 5.40. The summed E-state index contributed by atoms with van der Waals surface area (Å²) in [6.07, 6.45) is 0. The molecule has 0 spiro atoms. The van der Waals surface area contributed by atoms with Gasteiger partial charge in [0.15, 0.2) is 0 Å². The molecule has 1 unspecified atom stereocenters. The minimum Gasteiger partial charge on any atom is -0.490 e. The molecule has 0 bridgehead atoms. The van der Waals surface area contributed by atoms with E-state index in [-0.39, 0.29) is 5.91 Å². The molecule has 0 saturated carbocycles. The zero-order chi connectivity index (χ0) is 21.0. The summed E-state index contributed by atoms with van der Waals surface area (Å²) in [5, 5.41) is 3.57. The zero-order valence-corrected chi connectivity index (χ0v) is 17.3. The maximum atomic E-state index is 13.2. The molecule has 1 atom stereocenters. The Hall–Kier alpha value is -3.47. The van der Waals surface area contributed by atoms with Gasteiger partial charge in [0, 0.05) is 17.8 Å². The normalized spacial score (nSPS) is 17.8. The van der Waals surface area contributed by atoms with Crippen molar-refractivity contribution in [2.45, 2.75) is 19.5 Å². The van der Waals surface area contributed by atoms with Crippen molar-refractivity contribution < 1.29 is 14.3 Å². The summed E-state index contributed by atoms with van der Waals surface area (Å²) in [6.45, 7) is 5.42. The van der Waals surface area contributed by atoms with Crippen LogP contribution in [0, 0.1) is 0 Å². The summed E-state index contributed by atoms with van der Waals surface area (Å²) in [5.41, 5.74) is 1.70. The number of benzene rings is 3. The molecule has 0 aromatic heterocycles. The molecule has 3 aromatic rings. The van der Waals surface area contributed by atoms with Crippen molar-refractivity contribution in [3.8, 4) is 11.5 Å². The van der Waals surface area contributed by atoms with E-state index < -0.39 is 5.66 Å². The predicted molar refractivity (Wildman–Crippen MR) is 118 cm³/mol. The van der Waals surface area contributed by atoms with Gasteiger partial charge in [0.25, 0.3) is 5.91 Å². The third kappa shape index (κ3) is 3.71. The van der Waals surface area contributed by atoms with E-state index in [0.717, 1.165) is 22.7 Å². The van der Waals surface area contributed by atoms with Crippen LogP contribution in [0.4, 0.5) is 5.69 Å². The molecular weight excluding hydrogens is 376 g/mol. The predicted octanol–water partition coefficient (Wildman–Crippen LogP) is 4.90. The van der Waals surface area contributed by atoms with Crippen LogP contribution >= 0.6 is 0 Å². The number of amides is 1. The maximum Gasteiger partial charge on any atom is 0.258 e. The Morgan fingerprint density at radius 3 is 2.33 bits per heavy atom. The van der Waals surface area contributed by atoms with Crippen LogP contribution in [0.5, 0.6) is 11.5 Å². The number of fused-ring (bicyclic) bond motifs is 1. The van der Waals surface area contributed by atoms with Crippen molar-refractivity contribution in [2.24, 2.45) is 0 Å². The third-order valence-electron chi connectivity index (χ3n) is 5.40. The van der Waals surface area contributed by atoms with Gasteiger partial charge in [0.05, 0.1) is 5.56 Å². The monoisotopic (exact) mass is 402 g/mol. The van der Waals surface area contributed by atoms with Gasteiger partial charge < -0.3 is 19.7 Å². The van der Waals surface area contributed by atoms with Crippen LogP contribution in [0.3, 0.4) is 0 Å². The highest BCUT2D eigenvalue weighted by Gasteiger charge is 2.43. The quantitative estimate of drug-likeness (QED) is 0.571. The molecule has 0 fully saturated rings. The van der Waals surface area contributed by atoms with Crippen molar-refractivity contribution in [1.29, 1.82) is 0 Å². The summed E-state index contributed by atoms with van der Waals surface area (Å²) >= 11 is 0. The minimum atomic E-state index is -0.725. The Bertz CT molecular complexity index is 1020. The molecule has 3 aromatic carbocycles. The molecule has 1 heterocycles. The van der Waals surface area contributed by atoms with Gasteiger partial charge in [0.1, 0.15) is 30.4 Å². The van der Waals surface area contributed by atoms with Crippen molar-refractivity contribution in [3.05, 3.63) is 90.0 Å². The van der Waals surface area contributed by atoms with Gasteiger partial charge >= 0.3 is 0 Å². The van der Waals surface area contributed by atoms with Crippen LogP contribution in [-0.2, 0) is 5.66 Å². The van der Waals surface area contributed by atoms with Crippen LogP contribution in [-0.4, -0.2) is 30.6 Å². The van der Waals surface area contributed by atoms with E-state index in [4.69, 9.17) is 9.47 Å². The van der Waals surface area contributed by atoms with Gasteiger partial charge in [-0.15, -0.1) is 0 Å². The first-order valence-corrected chi connectivity index (χ1v) is 10.2. The summed E-state index contributed by atoms with van der Waals surface area (Å²) in [6, 6.07) is 25.1. The SMILES string of the molecule is CCN1C(=O)c2ccccc2NC1(C)c1ccccc1OCCOc1ccccc1. The molecule has 1 amide bonds. The second-order valence-electron chi connectivity index (χ2n) is 7.30. The Kier molecular flexibility index (Phi) is 5.61. The number of hydrogen-bond donors (Lipinski definition) is 1. The average Bonchev–Trinajstić information content (AvgIpc) is 2.78. The van der Waals surface area contributed by atoms with E-state index in [1.165, 1.54) is 0 Å². The number of para-hydroxylation sites is 3. The van der Waals surface area contributed by atoms with E-state index >= 15 is 0 Å². The average molecular weight is 402 g/mol. The Labute approximate surface area is 177 Å². The zero-order valence-electron chi connectivity index (χ0n) is 17.3. The molecule has 1 aliphatic heterocycles. The van der Waals surface area contributed by atoms with E-state index in [1.54, 1.807) is 0 Å². The van der Waals surface area contributed by atoms with Crippen molar-refractivity contribution >= 4 is 11.6 Å². The standard InChI is InChI=1S/C25H26N2O3/c1-3-27-24(28)20-13-7-9-15-22(20)26-25(27,2)21-14-8-10-16-23(21)30-18-17-29-19-11-5-4-6-12-19/h4-16,26H,3,17-18H2,1-2H3. The topological polar surface area (TPSA) is 50.8 Å². The van der Waals surface area contributed by atoms with Gasteiger partial charge in [-0.3, -0.25) is 4.79 Å². The summed E-state index contributed by atoms with van der Waals surface area (Å²) in [7, 11) is 0. The van der Waals surface area contributed by atoms with Gasteiger partial charge in [-0.05, 0) is 44.2 Å². The highest BCUT2D eigenvalue weighted by atomic mass is 16.5. The van der Waals surface area contributed by atoms with Crippen LogP contribution in [0.25, 0.3) is 0 Å².